The van der Waals surface area contributed by atoms with E-state index >= 15 is 0 Å². The number of hydrogen-bond acceptors (Lipinski definition) is 5. The van der Waals surface area contributed by atoms with Crippen molar-refractivity contribution >= 4 is 16.7 Å². The minimum absolute atomic E-state index is 0.133. The third kappa shape index (κ3) is 2.79. The minimum Gasteiger partial charge on any atom is -0.306 e. The van der Waals surface area contributed by atoms with Gasteiger partial charge in [-0.3, -0.25) is 4.98 Å². The average Bonchev–Trinajstić information content (AvgIpc) is 3.28. The van der Waals surface area contributed by atoms with Crippen molar-refractivity contribution in [3.8, 4) is 16.9 Å². The topological polar surface area (TPSA) is 73.8 Å². The maximum Gasteiger partial charge on any atom is 0.250 e. The predicted molar refractivity (Wildman–Crippen MR) is 125 cm³/mol. The molecule has 1 aliphatic rings. The van der Waals surface area contributed by atoms with E-state index in [-0.39, 0.29) is 5.41 Å². The SMILES string of the molecule is c1cnc2c(C3(c4cnc5ncc(-c6ccc(-n7ccnc7)cc6)nn45)CC3)cccc2c1. The van der Waals surface area contributed by atoms with Crippen molar-refractivity contribution in [2.45, 2.75) is 18.3 Å². The summed E-state index contributed by atoms with van der Waals surface area (Å²) in [6, 6.07) is 18.7. The summed E-state index contributed by atoms with van der Waals surface area (Å²) in [6.45, 7) is 0. The van der Waals surface area contributed by atoms with E-state index in [9.17, 15) is 0 Å². The van der Waals surface area contributed by atoms with Crippen LogP contribution in [0.5, 0.6) is 0 Å². The van der Waals surface area contributed by atoms with Gasteiger partial charge in [0.25, 0.3) is 5.78 Å². The Labute approximate surface area is 189 Å². The summed E-state index contributed by atoms with van der Waals surface area (Å²) in [4.78, 5) is 18.0. The Kier molecular flexibility index (Phi) is 3.75. The summed E-state index contributed by atoms with van der Waals surface area (Å²) in [5.74, 6) is 0.614. The predicted octanol–water partition coefficient (Wildman–Crippen LogP) is 4.61. The van der Waals surface area contributed by atoms with Crippen LogP contribution >= 0.6 is 0 Å². The third-order valence-electron chi connectivity index (χ3n) is 6.58. The van der Waals surface area contributed by atoms with Crippen LogP contribution in [0.2, 0.25) is 0 Å². The van der Waals surface area contributed by atoms with Gasteiger partial charge in [0, 0.05) is 40.6 Å². The van der Waals surface area contributed by atoms with Gasteiger partial charge in [0.05, 0.1) is 29.9 Å². The first-order valence-electron chi connectivity index (χ1n) is 11.0. The summed E-state index contributed by atoms with van der Waals surface area (Å²) in [6.07, 6.45) is 13.2. The molecule has 158 valence electrons. The highest BCUT2D eigenvalue weighted by molar-refractivity contribution is 5.84. The highest BCUT2D eigenvalue weighted by atomic mass is 15.3. The number of fused-ring (bicyclic) bond motifs is 2. The number of para-hydroxylation sites is 1. The van der Waals surface area contributed by atoms with Crippen LogP contribution in [0.4, 0.5) is 0 Å². The van der Waals surface area contributed by atoms with Gasteiger partial charge in [-0.25, -0.2) is 15.0 Å². The number of aromatic nitrogens is 7. The second kappa shape index (κ2) is 6.80. The number of pyridine rings is 1. The zero-order valence-electron chi connectivity index (χ0n) is 17.7. The number of hydrogen-bond donors (Lipinski definition) is 0. The lowest BCUT2D eigenvalue weighted by atomic mass is 9.90. The maximum atomic E-state index is 4.96. The fourth-order valence-corrected chi connectivity index (χ4v) is 4.73. The van der Waals surface area contributed by atoms with Crippen LogP contribution in [0, 0.1) is 0 Å². The summed E-state index contributed by atoms with van der Waals surface area (Å²) in [5, 5.41) is 6.11. The van der Waals surface area contributed by atoms with Gasteiger partial charge in [0.2, 0.25) is 0 Å². The second-order valence-corrected chi connectivity index (χ2v) is 8.48. The number of benzene rings is 2. The fraction of sp³-hybridized carbons (Fsp3) is 0.115. The average molecular weight is 429 g/mol. The monoisotopic (exact) mass is 429 g/mol. The lowest BCUT2D eigenvalue weighted by Crippen LogP contribution is -2.14. The van der Waals surface area contributed by atoms with Crippen LogP contribution in [0.3, 0.4) is 0 Å². The molecule has 2 aromatic carbocycles. The van der Waals surface area contributed by atoms with Gasteiger partial charge in [-0.15, -0.1) is 0 Å². The van der Waals surface area contributed by atoms with E-state index in [4.69, 9.17) is 10.1 Å². The van der Waals surface area contributed by atoms with E-state index in [0.29, 0.717) is 5.78 Å². The molecule has 6 aromatic rings. The molecule has 0 amide bonds. The first kappa shape index (κ1) is 18.2. The van der Waals surface area contributed by atoms with Crippen LogP contribution in [-0.4, -0.2) is 34.1 Å². The molecule has 0 N–H and O–H groups in total. The molecule has 0 bridgehead atoms. The highest BCUT2D eigenvalue weighted by Crippen LogP contribution is 2.54. The fourth-order valence-electron chi connectivity index (χ4n) is 4.73. The maximum absolute atomic E-state index is 4.96. The van der Waals surface area contributed by atoms with Crippen molar-refractivity contribution in [2.75, 3.05) is 0 Å². The lowest BCUT2D eigenvalue weighted by Gasteiger charge is -2.17. The van der Waals surface area contributed by atoms with Crippen LogP contribution in [0.25, 0.3) is 33.6 Å². The molecule has 0 saturated heterocycles. The van der Waals surface area contributed by atoms with Crippen LogP contribution in [0.1, 0.15) is 24.1 Å². The van der Waals surface area contributed by atoms with E-state index in [1.807, 2.05) is 33.7 Å². The number of imidazole rings is 2. The molecule has 0 spiro atoms. The Hall–Kier alpha value is -4.39. The number of nitrogens with zero attached hydrogens (tertiary/aromatic N) is 7. The molecule has 0 unspecified atom stereocenters. The largest absolute Gasteiger partial charge is 0.306 e. The van der Waals surface area contributed by atoms with Crippen molar-refractivity contribution in [1.82, 2.24) is 34.1 Å². The molecule has 7 heteroatoms. The van der Waals surface area contributed by atoms with E-state index in [0.717, 1.165) is 46.4 Å². The number of rotatable bonds is 4. The molecular weight excluding hydrogens is 410 g/mol. The minimum atomic E-state index is -0.133. The van der Waals surface area contributed by atoms with Gasteiger partial charge in [-0.2, -0.15) is 9.61 Å². The first-order chi connectivity index (χ1) is 16.3. The first-order valence-corrected chi connectivity index (χ1v) is 11.0. The Bertz CT molecular complexity index is 1610. The second-order valence-electron chi connectivity index (χ2n) is 8.48. The standard InChI is InChI=1S/C26H19N7/c1-3-19-4-2-12-28-24(19)21(5-1)26(10-11-26)23-16-30-25-29-15-22(31-33(23)25)18-6-8-20(9-7-18)32-14-13-27-17-32/h1-9,12-17H,10-11H2. The van der Waals surface area contributed by atoms with E-state index in [2.05, 4.69) is 63.5 Å². The van der Waals surface area contributed by atoms with E-state index < -0.39 is 0 Å². The van der Waals surface area contributed by atoms with Crippen molar-refractivity contribution in [3.05, 3.63) is 103 Å². The van der Waals surface area contributed by atoms with Crippen molar-refractivity contribution in [2.24, 2.45) is 0 Å². The molecule has 0 radical (unpaired) electrons. The molecule has 0 atom stereocenters. The Morgan fingerprint density at radius 3 is 2.48 bits per heavy atom. The molecule has 7 rings (SSSR count). The van der Waals surface area contributed by atoms with Crippen molar-refractivity contribution < 1.29 is 0 Å². The molecule has 7 nitrogen and oxygen atoms in total. The molecular formula is C26H19N7. The zero-order valence-corrected chi connectivity index (χ0v) is 17.7. The highest BCUT2D eigenvalue weighted by Gasteiger charge is 2.49. The van der Waals surface area contributed by atoms with Gasteiger partial charge in [-0.05, 0) is 36.6 Å². The van der Waals surface area contributed by atoms with Crippen LogP contribution < -0.4 is 0 Å². The van der Waals surface area contributed by atoms with Gasteiger partial charge >= 0.3 is 0 Å². The molecule has 1 saturated carbocycles. The molecule has 33 heavy (non-hydrogen) atoms. The van der Waals surface area contributed by atoms with Gasteiger partial charge in [0.15, 0.2) is 0 Å². The molecule has 1 aliphatic carbocycles. The van der Waals surface area contributed by atoms with Crippen LogP contribution in [0.15, 0.2) is 91.9 Å². The normalized spacial score (nSPS) is 14.7. The molecule has 4 heterocycles. The van der Waals surface area contributed by atoms with Crippen LogP contribution in [-0.2, 0) is 5.41 Å². The lowest BCUT2D eigenvalue weighted by molar-refractivity contribution is 0.742. The summed E-state index contributed by atoms with van der Waals surface area (Å²) in [7, 11) is 0. The summed E-state index contributed by atoms with van der Waals surface area (Å²) >= 11 is 0. The van der Waals surface area contributed by atoms with Crippen molar-refractivity contribution in [3.63, 3.8) is 0 Å². The molecule has 0 aliphatic heterocycles. The van der Waals surface area contributed by atoms with Crippen molar-refractivity contribution in [1.29, 1.82) is 0 Å². The van der Waals surface area contributed by atoms with Gasteiger partial charge < -0.3 is 4.57 Å². The molecule has 4 aromatic heterocycles. The van der Waals surface area contributed by atoms with E-state index in [1.165, 1.54) is 5.56 Å². The smallest absolute Gasteiger partial charge is 0.250 e. The summed E-state index contributed by atoms with van der Waals surface area (Å²) in [5.41, 5.74) is 6.08. The zero-order chi connectivity index (χ0) is 21.8. The van der Waals surface area contributed by atoms with E-state index in [1.54, 1.807) is 18.7 Å². The Morgan fingerprint density at radius 1 is 0.818 bits per heavy atom. The van der Waals surface area contributed by atoms with Gasteiger partial charge in [0.1, 0.15) is 5.69 Å². The third-order valence-corrected chi connectivity index (χ3v) is 6.58. The Morgan fingerprint density at radius 2 is 1.67 bits per heavy atom. The summed E-state index contributed by atoms with van der Waals surface area (Å²) < 4.78 is 3.88. The quantitative estimate of drug-likeness (QED) is 0.409. The Balaban J connectivity index is 1.33. The van der Waals surface area contributed by atoms with Gasteiger partial charge in [-0.1, -0.05) is 36.4 Å². The molecule has 1 fully saturated rings.